The van der Waals surface area contributed by atoms with Gasteiger partial charge in [-0.05, 0) is 55.3 Å². The van der Waals surface area contributed by atoms with Crippen molar-refractivity contribution in [2.75, 3.05) is 19.6 Å². The van der Waals surface area contributed by atoms with Crippen molar-refractivity contribution < 1.29 is 9.18 Å². The minimum absolute atomic E-state index is 0.0800. The topological polar surface area (TPSA) is 36.4 Å². The van der Waals surface area contributed by atoms with Crippen molar-refractivity contribution in [3.8, 4) is 10.4 Å². The summed E-state index contributed by atoms with van der Waals surface area (Å²) in [6, 6.07) is 14.5. The van der Waals surface area contributed by atoms with E-state index in [-0.39, 0.29) is 17.8 Å². The molecule has 6 heteroatoms. The minimum Gasteiger partial charge on any atom is -0.333 e. The predicted molar refractivity (Wildman–Crippen MR) is 114 cm³/mol. The number of nitrogens with zero attached hydrogens (tertiary/aromatic N) is 3. The van der Waals surface area contributed by atoms with E-state index < -0.39 is 0 Å². The number of aryl methyl sites for hydroxylation is 1. The number of halogens is 1. The Morgan fingerprint density at radius 3 is 2.69 bits per heavy atom. The Labute approximate surface area is 174 Å². The second kappa shape index (κ2) is 8.43. The van der Waals surface area contributed by atoms with Crippen LogP contribution in [0, 0.1) is 12.7 Å². The van der Waals surface area contributed by atoms with Crippen molar-refractivity contribution in [3.05, 3.63) is 76.7 Å². The van der Waals surface area contributed by atoms with E-state index in [0.717, 1.165) is 46.2 Å². The van der Waals surface area contributed by atoms with E-state index in [9.17, 15) is 9.18 Å². The number of hydrogen-bond acceptors (Lipinski definition) is 4. The van der Waals surface area contributed by atoms with Gasteiger partial charge in [0.15, 0.2) is 0 Å². The van der Waals surface area contributed by atoms with Crippen molar-refractivity contribution in [2.24, 2.45) is 0 Å². The molecule has 3 aromatic rings. The first-order chi connectivity index (χ1) is 14.0. The van der Waals surface area contributed by atoms with Gasteiger partial charge in [0.1, 0.15) is 5.82 Å². The van der Waals surface area contributed by atoms with Gasteiger partial charge in [-0.3, -0.25) is 14.7 Å². The zero-order chi connectivity index (χ0) is 20.4. The Hall–Kier alpha value is -2.57. The largest absolute Gasteiger partial charge is 0.333 e. The molecule has 1 aliphatic rings. The number of piperazine rings is 1. The highest BCUT2D eigenvalue weighted by atomic mass is 32.1. The summed E-state index contributed by atoms with van der Waals surface area (Å²) in [5.41, 5.74) is 3.05. The van der Waals surface area contributed by atoms with Gasteiger partial charge in [0.05, 0.1) is 10.6 Å². The van der Waals surface area contributed by atoms with Crippen LogP contribution in [0.5, 0.6) is 0 Å². The third-order valence-electron chi connectivity index (χ3n) is 5.32. The lowest BCUT2D eigenvalue weighted by atomic mass is 10.1. The molecule has 1 amide bonds. The van der Waals surface area contributed by atoms with Crippen LogP contribution < -0.4 is 0 Å². The summed E-state index contributed by atoms with van der Waals surface area (Å²) in [4.78, 5) is 23.7. The molecule has 29 heavy (non-hydrogen) atoms. The predicted octanol–water partition coefficient (Wildman–Crippen LogP) is 4.60. The normalized spacial score (nSPS) is 17.5. The summed E-state index contributed by atoms with van der Waals surface area (Å²) in [6.45, 7) is 7.28. The van der Waals surface area contributed by atoms with E-state index in [1.54, 1.807) is 12.1 Å². The monoisotopic (exact) mass is 409 g/mol. The lowest BCUT2D eigenvalue weighted by Gasteiger charge is -2.39. The van der Waals surface area contributed by atoms with Crippen LogP contribution in [0.2, 0.25) is 0 Å². The zero-order valence-electron chi connectivity index (χ0n) is 16.6. The molecular formula is C23H24FN3OS. The highest BCUT2D eigenvalue weighted by Gasteiger charge is 2.29. The Balaban J connectivity index is 1.45. The number of rotatable bonds is 4. The van der Waals surface area contributed by atoms with Gasteiger partial charge in [-0.2, -0.15) is 0 Å². The molecule has 3 heterocycles. The van der Waals surface area contributed by atoms with Crippen LogP contribution >= 0.6 is 11.3 Å². The Morgan fingerprint density at radius 2 is 2.00 bits per heavy atom. The third-order valence-corrected chi connectivity index (χ3v) is 6.59. The molecule has 0 spiro atoms. The Morgan fingerprint density at radius 1 is 1.21 bits per heavy atom. The van der Waals surface area contributed by atoms with E-state index in [1.165, 1.54) is 23.5 Å². The molecule has 1 aromatic carbocycles. The fourth-order valence-corrected chi connectivity index (χ4v) is 4.95. The third kappa shape index (κ3) is 4.38. The number of pyridine rings is 1. The molecule has 0 aliphatic carbocycles. The van der Waals surface area contributed by atoms with Gasteiger partial charge in [-0.25, -0.2) is 4.39 Å². The van der Waals surface area contributed by atoms with Crippen LogP contribution in [0.25, 0.3) is 10.4 Å². The van der Waals surface area contributed by atoms with Gasteiger partial charge in [-0.15, -0.1) is 11.3 Å². The average Bonchev–Trinajstić information content (AvgIpc) is 3.11. The first-order valence-corrected chi connectivity index (χ1v) is 10.6. The van der Waals surface area contributed by atoms with Gasteiger partial charge >= 0.3 is 0 Å². The number of aromatic nitrogens is 1. The molecule has 150 valence electrons. The van der Waals surface area contributed by atoms with Crippen LogP contribution in [-0.2, 0) is 6.54 Å². The number of carbonyl (C=O) groups is 1. The molecule has 1 atom stereocenters. The molecule has 1 saturated heterocycles. The summed E-state index contributed by atoms with van der Waals surface area (Å²) < 4.78 is 13.2. The second-order valence-corrected chi connectivity index (χ2v) is 8.59. The van der Waals surface area contributed by atoms with E-state index in [0.29, 0.717) is 6.54 Å². The summed E-state index contributed by atoms with van der Waals surface area (Å²) in [5.74, 6) is -0.173. The van der Waals surface area contributed by atoms with Crippen LogP contribution in [0.4, 0.5) is 4.39 Å². The second-order valence-electron chi connectivity index (χ2n) is 7.53. The highest BCUT2D eigenvalue weighted by molar-refractivity contribution is 7.17. The molecule has 1 fully saturated rings. The van der Waals surface area contributed by atoms with Crippen LogP contribution in [0.3, 0.4) is 0 Å². The molecular weight excluding hydrogens is 385 g/mol. The van der Waals surface area contributed by atoms with E-state index in [4.69, 9.17) is 0 Å². The van der Waals surface area contributed by atoms with Gasteiger partial charge in [0.2, 0.25) is 0 Å². The number of amides is 1. The molecule has 4 rings (SSSR count). The minimum atomic E-state index is -0.253. The average molecular weight is 410 g/mol. The summed E-state index contributed by atoms with van der Waals surface area (Å²) in [6.07, 6.45) is 1.82. The standard InChI is InChI=1S/C23H24FN3OS/c1-16-13-21(29-22(16)18-6-8-19(24)9-7-18)23(28)27-12-11-26(14-17(27)2)15-20-5-3-4-10-25-20/h3-10,13,17H,11-12,14-15H2,1-2H3/t17-/m0/s1. The van der Waals surface area contributed by atoms with Crippen molar-refractivity contribution in [2.45, 2.75) is 26.4 Å². The Bertz CT molecular complexity index is 987. The quantitative estimate of drug-likeness (QED) is 0.632. The van der Waals surface area contributed by atoms with Gasteiger partial charge in [0, 0.05) is 43.3 Å². The summed E-state index contributed by atoms with van der Waals surface area (Å²) in [5, 5.41) is 0. The van der Waals surface area contributed by atoms with E-state index in [1.807, 2.05) is 42.3 Å². The van der Waals surface area contributed by atoms with Gasteiger partial charge in [-0.1, -0.05) is 18.2 Å². The molecule has 0 unspecified atom stereocenters. The van der Waals surface area contributed by atoms with Crippen LogP contribution in [0.15, 0.2) is 54.7 Å². The Kier molecular flexibility index (Phi) is 5.74. The molecule has 1 aliphatic heterocycles. The SMILES string of the molecule is Cc1cc(C(=O)N2CCN(Cc3ccccn3)C[C@@H]2C)sc1-c1ccc(F)cc1. The smallest absolute Gasteiger partial charge is 0.264 e. The molecule has 0 N–H and O–H groups in total. The zero-order valence-corrected chi connectivity index (χ0v) is 17.5. The summed E-state index contributed by atoms with van der Waals surface area (Å²) in [7, 11) is 0. The van der Waals surface area contributed by atoms with Crippen molar-refractivity contribution in [1.82, 2.24) is 14.8 Å². The molecule has 0 bridgehead atoms. The fourth-order valence-electron chi connectivity index (χ4n) is 3.82. The fraction of sp³-hybridized carbons (Fsp3) is 0.304. The maximum absolute atomic E-state index is 13.2. The maximum Gasteiger partial charge on any atom is 0.264 e. The molecule has 4 nitrogen and oxygen atoms in total. The molecule has 0 saturated carbocycles. The van der Waals surface area contributed by atoms with Crippen LogP contribution in [-0.4, -0.2) is 46.4 Å². The van der Waals surface area contributed by atoms with Crippen molar-refractivity contribution in [3.63, 3.8) is 0 Å². The lowest BCUT2D eigenvalue weighted by Crippen LogP contribution is -2.53. The maximum atomic E-state index is 13.2. The van der Waals surface area contributed by atoms with Crippen molar-refractivity contribution in [1.29, 1.82) is 0 Å². The van der Waals surface area contributed by atoms with E-state index in [2.05, 4.69) is 16.8 Å². The molecule has 0 radical (unpaired) electrons. The number of benzene rings is 1. The number of hydrogen-bond donors (Lipinski definition) is 0. The first kappa shape index (κ1) is 19.7. The molecule has 2 aromatic heterocycles. The van der Waals surface area contributed by atoms with Gasteiger partial charge in [0.25, 0.3) is 5.91 Å². The number of thiophene rings is 1. The summed E-state index contributed by atoms with van der Waals surface area (Å²) >= 11 is 1.49. The lowest BCUT2D eigenvalue weighted by molar-refractivity contribution is 0.0478. The van der Waals surface area contributed by atoms with Crippen LogP contribution in [0.1, 0.15) is 27.9 Å². The van der Waals surface area contributed by atoms with E-state index >= 15 is 0 Å². The van der Waals surface area contributed by atoms with Crippen molar-refractivity contribution >= 4 is 17.2 Å². The first-order valence-electron chi connectivity index (χ1n) is 9.81. The number of carbonyl (C=O) groups excluding carboxylic acids is 1. The van der Waals surface area contributed by atoms with Gasteiger partial charge < -0.3 is 4.90 Å². The highest BCUT2D eigenvalue weighted by Crippen LogP contribution is 2.33.